The fourth-order valence-corrected chi connectivity index (χ4v) is 2.62. The molecule has 0 aromatic heterocycles. The van der Waals surface area contributed by atoms with E-state index in [1.165, 1.54) is 9.13 Å². The molecule has 0 saturated heterocycles. The number of hydrogen-bond donors (Lipinski definition) is 1. The summed E-state index contributed by atoms with van der Waals surface area (Å²) in [6.07, 6.45) is 0. The van der Waals surface area contributed by atoms with E-state index in [-0.39, 0.29) is 0 Å². The van der Waals surface area contributed by atoms with Crippen molar-refractivity contribution in [1.29, 1.82) is 5.26 Å². The van der Waals surface area contributed by atoms with Crippen LogP contribution in [0.15, 0.2) is 36.4 Å². The molecule has 0 bridgehead atoms. The first kappa shape index (κ1) is 14.7. The Kier molecular flexibility index (Phi) is 4.85. The quantitative estimate of drug-likeness (QED) is 0.816. The number of nitrogens with one attached hydrogen (secondary N) is 1. The van der Waals surface area contributed by atoms with Crippen LogP contribution in [0.5, 0.6) is 5.75 Å². The summed E-state index contributed by atoms with van der Waals surface area (Å²) in [5.74, 6) is 0.613. The van der Waals surface area contributed by atoms with Crippen LogP contribution < -0.4 is 10.1 Å². The SMILES string of the molecule is COc1ccc(CNc2ccc(I)cc2C)cc1C#N. The molecule has 2 aromatic rings. The van der Waals surface area contributed by atoms with Gasteiger partial charge in [0.25, 0.3) is 0 Å². The minimum absolute atomic E-state index is 0.561. The molecule has 0 unspecified atom stereocenters. The molecule has 0 spiro atoms. The highest BCUT2D eigenvalue weighted by Crippen LogP contribution is 2.21. The third kappa shape index (κ3) is 3.42. The topological polar surface area (TPSA) is 45.0 Å². The highest BCUT2D eigenvalue weighted by Gasteiger charge is 2.04. The maximum Gasteiger partial charge on any atom is 0.136 e. The van der Waals surface area contributed by atoms with E-state index in [9.17, 15) is 0 Å². The standard InChI is InChI=1S/C16H15IN2O/c1-11-7-14(17)4-5-15(11)19-10-12-3-6-16(20-2)13(8-12)9-18/h3-8,19H,10H2,1-2H3. The Morgan fingerprint density at radius 1 is 1.25 bits per heavy atom. The van der Waals surface area contributed by atoms with Crippen LogP contribution in [0.3, 0.4) is 0 Å². The van der Waals surface area contributed by atoms with Gasteiger partial charge in [-0.15, -0.1) is 0 Å². The van der Waals surface area contributed by atoms with Crippen LogP contribution in [0.25, 0.3) is 0 Å². The van der Waals surface area contributed by atoms with Gasteiger partial charge in [-0.1, -0.05) is 6.07 Å². The fourth-order valence-electron chi connectivity index (χ4n) is 1.98. The Morgan fingerprint density at radius 2 is 2.05 bits per heavy atom. The monoisotopic (exact) mass is 378 g/mol. The van der Waals surface area contributed by atoms with Crippen molar-refractivity contribution < 1.29 is 4.74 Å². The summed E-state index contributed by atoms with van der Waals surface area (Å²) in [6.45, 7) is 2.76. The molecule has 0 atom stereocenters. The second-order valence-corrected chi connectivity index (χ2v) is 5.70. The van der Waals surface area contributed by atoms with Crippen LogP contribution in [0.4, 0.5) is 5.69 Å². The third-order valence-corrected chi connectivity index (χ3v) is 3.73. The highest BCUT2D eigenvalue weighted by atomic mass is 127. The number of nitrogens with zero attached hydrogens (tertiary/aromatic N) is 1. The molecule has 1 N–H and O–H groups in total. The van der Waals surface area contributed by atoms with Gasteiger partial charge in [0.05, 0.1) is 12.7 Å². The number of halogens is 1. The van der Waals surface area contributed by atoms with Crippen molar-refractivity contribution in [2.24, 2.45) is 0 Å². The number of rotatable bonds is 4. The van der Waals surface area contributed by atoms with Crippen molar-refractivity contribution in [1.82, 2.24) is 0 Å². The molecule has 0 amide bonds. The van der Waals surface area contributed by atoms with Crippen molar-refractivity contribution in [3.63, 3.8) is 0 Å². The van der Waals surface area contributed by atoms with E-state index in [1.54, 1.807) is 7.11 Å². The van der Waals surface area contributed by atoms with Crippen molar-refractivity contribution in [2.45, 2.75) is 13.5 Å². The molecule has 2 rings (SSSR count). The van der Waals surface area contributed by atoms with Crippen molar-refractivity contribution in [2.75, 3.05) is 12.4 Å². The molecule has 4 heteroatoms. The van der Waals surface area contributed by atoms with Gasteiger partial charge in [0.1, 0.15) is 11.8 Å². The molecule has 3 nitrogen and oxygen atoms in total. The Labute approximate surface area is 132 Å². The van der Waals surface area contributed by atoms with E-state index in [0.717, 1.165) is 11.3 Å². The van der Waals surface area contributed by atoms with E-state index >= 15 is 0 Å². The van der Waals surface area contributed by atoms with Crippen LogP contribution in [0, 0.1) is 21.8 Å². The molecular formula is C16H15IN2O. The molecule has 0 saturated carbocycles. The lowest BCUT2D eigenvalue weighted by Gasteiger charge is -2.11. The number of nitriles is 1. The van der Waals surface area contributed by atoms with Crippen LogP contribution in [0.1, 0.15) is 16.7 Å². The summed E-state index contributed by atoms with van der Waals surface area (Å²) >= 11 is 2.30. The molecule has 0 radical (unpaired) electrons. The third-order valence-electron chi connectivity index (χ3n) is 3.06. The molecule has 0 heterocycles. The first-order valence-corrected chi connectivity index (χ1v) is 7.29. The van der Waals surface area contributed by atoms with Gasteiger partial charge in [-0.25, -0.2) is 0 Å². The van der Waals surface area contributed by atoms with E-state index in [2.05, 4.69) is 59.1 Å². The number of anilines is 1. The van der Waals surface area contributed by atoms with E-state index in [4.69, 9.17) is 10.00 Å². The number of ether oxygens (including phenoxy) is 1. The molecule has 0 aliphatic heterocycles. The summed E-state index contributed by atoms with van der Waals surface area (Å²) in [7, 11) is 1.57. The smallest absolute Gasteiger partial charge is 0.136 e. The fraction of sp³-hybridized carbons (Fsp3) is 0.188. The van der Waals surface area contributed by atoms with Crippen LogP contribution in [-0.2, 0) is 6.54 Å². The van der Waals surface area contributed by atoms with Gasteiger partial charge >= 0.3 is 0 Å². The minimum Gasteiger partial charge on any atom is -0.495 e. The lowest BCUT2D eigenvalue weighted by atomic mass is 10.1. The minimum atomic E-state index is 0.561. The molecule has 0 fully saturated rings. The number of methoxy groups -OCH3 is 1. The van der Waals surface area contributed by atoms with Crippen LogP contribution in [-0.4, -0.2) is 7.11 Å². The average Bonchev–Trinajstić information content (AvgIpc) is 2.46. The second-order valence-electron chi connectivity index (χ2n) is 4.46. The van der Waals surface area contributed by atoms with Gasteiger partial charge in [-0.05, 0) is 71.0 Å². The predicted octanol–water partition coefficient (Wildman–Crippen LogP) is 4.09. The van der Waals surface area contributed by atoms with Crippen LogP contribution in [0.2, 0.25) is 0 Å². The normalized spacial score (nSPS) is 9.90. The Hall–Kier alpha value is -1.74. The average molecular weight is 378 g/mol. The van der Waals surface area contributed by atoms with E-state index in [0.29, 0.717) is 17.9 Å². The van der Waals surface area contributed by atoms with Crippen molar-refractivity contribution in [3.8, 4) is 11.8 Å². The zero-order valence-electron chi connectivity index (χ0n) is 11.4. The van der Waals surface area contributed by atoms with Gasteiger partial charge in [-0.2, -0.15) is 5.26 Å². The maximum atomic E-state index is 9.08. The number of benzene rings is 2. The lowest BCUT2D eigenvalue weighted by molar-refractivity contribution is 0.413. The molecule has 20 heavy (non-hydrogen) atoms. The van der Waals surface area contributed by atoms with Gasteiger partial charge in [0, 0.05) is 15.8 Å². The molecule has 0 aliphatic rings. The molecular weight excluding hydrogens is 363 g/mol. The molecule has 102 valence electrons. The predicted molar refractivity (Wildman–Crippen MR) is 88.9 cm³/mol. The van der Waals surface area contributed by atoms with Gasteiger partial charge in [-0.3, -0.25) is 0 Å². The number of hydrogen-bond acceptors (Lipinski definition) is 3. The van der Waals surface area contributed by atoms with Gasteiger partial charge in [0.15, 0.2) is 0 Å². The molecule has 2 aromatic carbocycles. The Bertz CT molecular complexity index is 662. The summed E-state index contributed by atoms with van der Waals surface area (Å²) in [6, 6.07) is 14.1. The second kappa shape index (κ2) is 6.62. The van der Waals surface area contributed by atoms with E-state index in [1.807, 2.05) is 18.2 Å². The Morgan fingerprint density at radius 3 is 2.70 bits per heavy atom. The zero-order chi connectivity index (χ0) is 14.5. The summed E-state index contributed by atoms with van der Waals surface area (Å²) in [5, 5.41) is 12.5. The van der Waals surface area contributed by atoms with Gasteiger partial charge < -0.3 is 10.1 Å². The summed E-state index contributed by atoms with van der Waals surface area (Å²) < 4.78 is 6.37. The van der Waals surface area contributed by atoms with Crippen LogP contribution >= 0.6 is 22.6 Å². The van der Waals surface area contributed by atoms with Gasteiger partial charge in [0.2, 0.25) is 0 Å². The van der Waals surface area contributed by atoms with E-state index < -0.39 is 0 Å². The first-order chi connectivity index (χ1) is 9.63. The summed E-state index contributed by atoms with van der Waals surface area (Å²) in [5.41, 5.74) is 3.94. The lowest BCUT2D eigenvalue weighted by Crippen LogP contribution is -2.02. The molecule has 0 aliphatic carbocycles. The highest BCUT2D eigenvalue weighted by molar-refractivity contribution is 14.1. The number of aryl methyl sites for hydroxylation is 1. The maximum absolute atomic E-state index is 9.08. The van der Waals surface area contributed by atoms with Crippen molar-refractivity contribution >= 4 is 28.3 Å². The zero-order valence-corrected chi connectivity index (χ0v) is 13.6. The Balaban J connectivity index is 2.13. The first-order valence-electron chi connectivity index (χ1n) is 6.21. The largest absolute Gasteiger partial charge is 0.495 e. The summed E-state index contributed by atoms with van der Waals surface area (Å²) in [4.78, 5) is 0. The van der Waals surface area contributed by atoms with Crippen molar-refractivity contribution in [3.05, 3.63) is 56.7 Å².